The molecule has 0 aromatic heterocycles. The highest BCUT2D eigenvalue weighted by atomic mass is 16.5. The average Bonchev–Trinajstić information content (AvgIpc) is 2.14. The lowest BCUT2D eigenvalue weighted by Gasteiger charge is -2.16. The van der Waals surface area contributed by atoms with Gasteiger partial charge in [-0.15, -0.1) is 0 Å². The fourth-order valence-electron chi connectivity index (χ4n) is 1.41. The van der Waals surface area contributed by atoms with Crippen LogP contribution < -0.4 is 0 Å². The summed E-state index contributed by atoms with van der Waals surface area (Å²) in [7, 11) is 1.32. The van der Waals surface area contributed by atoms with E-state index in [-0.39, 0.29) is 11.7 Å². The summed E-state index contributed by atoms with van der Waals surface area (Å²) in [5.74, 6) is -0.951. The second-order valence-electron chi connectivity index (χ2n) is 3.81. The summed E-state index contributed by atoms with van der Waals surface area (Å²) in [6.45, 7) is 5.76. The van der Waals surface area contributed by atoms with E-state index in [2.05, 4.69) is 4.74 Å². The lowest BCUT2D eigenvalue weighted by molar-refractivity contribution is -0.151. The molecular weight excluding hydrogens is 180 g/mol. The molecule has 0 saturated carbocycles. The zero-order valence-corrected chi connectivity index (χ0v) is 9.50. The van der Waals surface area contributed by atoms with Crippen LogP contribution in [0.1, 0.15) is 40.0 Å². The Labute approximate surface area is 85.8 Å². The number of esters is 1. The lowest BCUT2D eigenvalue weighted by Crippen LogP contribution is -2.29. The van der Waals surface area contributed by atoms with Gasteiger partial charge in [0.25, 0.3) is 0 Å². The molecule has 0 aliphatic carbocycles. The van der Waals surface area contributed by atoms with Crippen LogP contribution in [0.4, 0.5) is 0 Å². The van der Waals surface area contributed by atoms with Crippen molar-refractivity contribution in [3.05, 3.63) is 0 Å². The van der Waals surface area contributed by atoms with Crippen LogP contribution in [-0.2, 0) is 14.3 Å². The minimum absolute atomic E-state index is 0.00806. The number of hydrogen-bond donors (Lipinski definition) is 0. The van der Waals surface area contributed by atoms with Crippen LogP contribution in [0.3, 0.4) is 0 Å². The monoisotopic (exact) mass is 200 g/mol. The lowest BCUT2D eigenvalue weighted by atomic mass is 9.89. The smallest absolute Gasteiger partial charge is 0.316 e. The van der Waals surface area contributed by atoms with Crippen molar-refractivity contribution in [2.45, 2.75) is 40.0 Å². The molecule has 0 N–H and O–H groups in total. The Morgan fingerprint density at radius 1 is 1.29 bits per heavy atom. The number of unbranched alkanes of at least 4 members (excludes halogenated alkanes) is 1. The van der Waals surface area contributed by atoms with Crippen molar-refractivity contribution >= 4 is 11.8 Å². The minimum atomic E-state index is -0.577. The van der Waals surface area contributed by atoms with E-state index >= 15 is 0 Å². The second-order valence-corrected chi connectivity index (χ2v) is 3.81. The van der Waals surface area contributed by atoms with Gasteiger partial charge in [-0.05, 0) is 12.3 Å². The molecule has 0 fully saturated rings. The van der Waals surface area contributed by atoms with Gasteiger partial charge in [0.15, 0.2) is 0 Å². The number of carbonyl (C=O) groups is 2. The first kappa shape index (κ1) is 13.1. The molecular formula is C11H20O3. The molecule has 1 unspecified atom stereocenters. The van der Waals surface area contributed by atoms with Gasteiger partial charge in [-0.1, -0.05) is 27.2 Å². The van der Waals surface area contributed by atoms with Gasteiger partial charge in [-0.2, -0.15) is 0 Å². The van der Waals surface area contributed by atoms with Crippen molar-refractivity contribution in [1.82, 2.24) is 0 Å². The summed E-state index contributed by atoms with van der Waals surface area (Å²) in [6.07, 6.45) is 2.30. The van der Waals surface area contributed by atoms with E-state index in [1.807, 2.05) is 20.8 Å². The predicted molar refractivity (Wildman–Crippen MR) is 54.9 cm³/mol. The quantitative estimate of drug-likeness (QED) is 0.487. The van der Waals surface area contributed by atoms with E-state index in [0.29, 0.717) is 6.42 Å². The van der Waals surface area contributed by atoms with Crippen LogP contribution in [0.2, 0.25) is 0 Å². The van der Waals surface area contributed by atoms with Crippen molar-refractivity contribution < 1.29 is 14.3 Å². The zero-order valence-electron chi connectivity index (χ0n) is 9.50. The second kappa shape index (κ2) is 6.57. The van der Waals surface area contributed by atoms with Crippen molar-refractivity contribution in [1.29, 1.82) is 0 Å². The highest BCUT2D eigenvalue weighted by Crippen LogP contribution is 2.16. The third kappa shape index (κ3) is 3.90. The molecule has 0 amide bonds. The third-order valence-electron chi connectivity index (χ3n) is 2.25. The number of hydrogen-bond acceptors (Lipinski definition) is 3. The highest BCUT2D eigenvalue weighted by molar-refractivity contribution is 5.99. The van der Waals surface area contributed by atoms with E-state index in [4.69, 9.17) is 0 Å². The highest BCUT2D eigenvalue weighted by Gasteiger charge is 2.29. The Hall–Kier alpha value is -0.860. The Morgan fingerprint density at radius 2 is 1.86 bits per heavy atom. The molecule has 0 radical (unpaired) electrons. The summed E-state index contributed by atoms with van der Waals surface area (Å²) in [4.78, 5) is 23.0. The molecule has 0 aromatic rings. The van der Waals surface area contributed by atoms with Gasteiger partial charge in [0.2, 0.25) is 0 Å². The molecule has 3 nitrogen and oxygen atoms in total. The first-order chi connectivity index (χ1) is 6.54. The van der Waals surface area contributed by atoms with Crippen molar-refractivity contribution in [2.24, 2.45) is 11.8 Å². The van der Waals surface area contributed by atoms with Gasteiger partial charge in [0.1, 0.15) is 11.7 Å². The number of ketones is 1. The summed E-state index contributed by atoms with van der Waals surface area (Å²) < 4.78 is 4.61. The third-order valence-corrected chi connectivity index (χ3v) is 2.25. The molecule has 0 aromatic carbocycles. The largest absolute Gasteiger partial charge is 0.468 e. The fraction of sp³-hybridized carbons (Fsp3) is 0.818. The molecule has 82 valence electrons. The molecule has 0 aliphatic rings. The molecule has 0 saturated heterocycles. The SMILES string of the molecule is CCCCC(=O)C(C(=O)OC)C(C)C. The number of ether oxygens (including phenoxy) is 1. The summed E-state index contributed by atoms with van der Waals surface area (Å²) in [5, 5.41) is 0. The number of methoxy groups -OCH3 is 1. The summed E-state index contributed by atoms with van der Waals surface area (Å²) in [5.41, 5.74) is 0. The Bertz CT molecular complexity index is 197. The van der Waals surface area contributed by atoms with Crippen LogP contribution in [0.5, 0.6) is 0 Å². The Kier molecular flexibility index (Phi) is 6.17. The number of rotatable bonds is 6. The maximum Gasteiger partial charge on any atom is 0.316 e. The topological polar surface area (TPSA) is 43.4 Å². The van der Waals surface area contributed by atoms with Gasteiger partial charge < -0.3 is 4.74 Å². The molecule has 0 bridgehead atoms. The van der Waals surface area contributed by atoms with E-state index in [0.717, 1.165) is 12.8 Å². The molecule has 0 heterocycles. The van der Waals surface area contributed by atoms with Crippen LogP contribution in [0.25, 0.3) is 0 Å². The summed E-state index contributed by atoms with van der Waals surface area (Å²) in [6, 6.07) is 0. The van der Waals surface area contributed by atoms with Crippen LogP contribution in [-0.4, -0.2) is 18.9 Å². The first-order valence-electron chi connectivity index (χ1n) is 5.15. The van der Waals surface area contributed by atoms with Crippen LogP contribution >= 0.6 is 0 Å². The van der Waals surface area contributed by atoms with Gasteiger partial charge >= 0.3 is 5.97 Å². The van der Waals surface area contributed by atoms with E-state index in [9.17, 15) is 9.59 Å². The van der Waals surface area contributed by atoms with Crippen molar-refractivity contribution in [3.8, 4) is 0 Å². The minimum Gasteiger partial charge on any atom is -0.468 e. The number of carbonyl (C=O) groups excluding carboxylic acids is 2. The molecule has 0 aliphatic heterocycles. The zero-order chi connectivity index (χ0) is 11.1. The summed E-state index contributed by atoms with van der Waals surface area (Å²) >= 11 is 0. The van der Waals surface area contributed by atoms with Crippen molar-refractivity contribution in [2.75, 3.05) is 7.11 Å². The van der Waals surface area contributed by atoms with Crippen LogP contribution in [0.15, 0.2) is 0 Å². The fourth-order valence-corrected chi connectivity index (χ4v) is 1.41. The van der Waals surface area contributed by atoms with E-state index < -0.39 is 11.9 Å². The first-order valence-corrected chi connectivity index (χ1v) is 5.15. The standard InChI is InChI=1S/C11H20O3/c1-5-6-7-9(12)10(8(2)3)11(13)14-4/h8,10H,5-7H2,1-4H3. The van der Waals surface area contributed by atoms with E-state index in [1.54, 1.807) is 0 Å². The molecule has 0 rings (SSSR count). The van der Waals surface area contributed by atoms with Gasteiger partial charge in [-0.25, -0.2) is 0 Å². The molecule has 1 atom stereocenters. The Balaban J connectivity index is 4.34. The predicted octanol–water partition coefficient (Wildman–Crippen LogP) is 2.19. The molecule has 0 spiro atoms. The maximum absolute atomic E-state index is 11.6. The Morgan fingerprint density at radius 3 is 2.21 bits per heavy atom. The number of Topliss-reactive ketones (excluding diaryl/α,β-unsaturated/α-hetero) is 1. The normalized spacial score (nSPS) is 12.6. The average molecular weight is 200 g/mol. The van der Waals surface area contributed by atoms with Gasteiger partial charge in [-0.3, -0.25) is 9.59 Å². The van der Waals surface area contributed by atoms with Crippen LogP contribution in [0, 0.1) is 11.8 Å². The maximum atomic E-state index is 11.6. The van der Waals surface area contributed by atoms with Crippen molar-refractivity contribution in [3.63, 3.8) is 0 Å². The van der Waals surface area contributed by atoms with Gasteiger partial charge in [0.05, 0.1) is 7.11 Å². The molecule has 3 heteroatoms. The molecule has 14 heavy (non-hydrogen) atoms. The van der Waals surface area contributed by atoms with E-state index in [1.165, 1.54) is 7.11 Å². The van der Waals surface area contributed by atoms with Gasteiger partial charge in [0, 0.05) is 6.42 Å².